The van der Waals surface area contributed by atoms with E-state index < -0.39 is 5.09 Å². The fourth-order valence-corrected chi connectivity index (χ4v) is 4.18. The molecule has 4 saturated carbocycles. The average molecular weight is 251 g/mol. The lowest BCUT2D eigenvalue weighted by Crippen LogP contribution is -2.55. The molecule has 3 N–H and O–H groups in total. The van der Waals surface area contributed by atoms with E-state index in [2.05, 4.69) is 0 Å². The van der Waals surface area contributed by atoms with Gasteiger partial charge in [-0.3, -0.25) is 0 Å². The Morgan fingerprint density at radius 2 is 1.38 bits per heavy atom. The molecule has 4 aliphatic carbocycles. The topological polar surface area (TPSA) is 89.4 Å². The molecule has 4 fully saturated rings. The smallest absolute Gasteiger partial charge is 0.291 e. The van der Waals surface area contributed by atoms with E-state index in [9.17, 15) is 0 Å². The average Bonchev–Trinajstić information content (AvgIpc) is 1.96. The minimum Gasteiger partial charge on any atom is -0.328 e. The van der Waals surface area contributed by atoms with Crippen molar-refractivity contribution in [3.05, 3.63) is 10.1 Å². The van der Waals surface area contributed by atoms with Crippen LogP contribution in [0.1, 0.15) is 38.5 Å². The van der Waals surface area contributed by atoms with Crippen molar-refractivity contribution in [2.24, 2.45) is 23.5 Å². The summed E-state index contributed by atoms with van der Waals surface area (Å²) in [7, 11) is 0. The summed E-state index contributed by atoms with van der Waals surface area (Å²) in [6, 6.07) is 0. The van der Waals surface area contributed by atoms with Crippen LogP contribution in [0.25, 0.3) is 0 Å². The summed E-state index contributed by atoms with van der Waals surface area (Å²) in [6.45, 7) is 0. The zero-order valence-corrected chi connectivity index (χ0v) is 9.99. The van der Waals surface area contributed by atoms with Crippen LogP contribution in [0.3, 0.4) is 0 Å². The molecule has 0 amide bonds. The molecule has 0 aliphatic heterocycles. The first-order chi connectivity index (χ1) is 6.97. The second-order valence-corrected chi connectivity index (χ2v) is 5.52. The van der Waals surface area contributed by atoms with Crippen LogP contribution in [0.2, 0.25) is 0 Å². The van der Waals surface area contributed by atoms with Crippen molar-refractivity contribution in [1.82, 2.24) is 0 Å². The Labute approximate surface area is 101 Å². The first-order valence-electron chi connectivity index (χ1n) is 5.59. The monoisotopic (exact) mass is 250 g/mol. The Morgan fingerprint density at radius 1 is 1.12 bits per heavy atom. The molecular weight excluding hydrogens is 232 g/mol. The number of hydrogen-bond donors (Lipinski definition) is 2. The first-order valence-corrected chi connectivity index (χ1v) is 5.59. The van der Waals surface area contributed by atoms with Crippen LogP contribution in [0.5, 0.6) is 0 Å². The Bertz CT molecular complexity index is 234. The molecule has 4 rings (SSSR count). The zero-order chi connectivity index (χ0) is 11.1. The number of rotatable bonds is 0. The van der Waals surface area contributed by atoms with Crippen LogP contribution in [0.15, 0.2) is 0 Å². The van der Waals surface area contributed by atoms with E-state index in [1.807, 2.05) is 0 Å². The van der Waals surface area contributed by atoms with Crippen molar-refractivity contribution in [3.8, 4) is 0 Å². The Hall–Kier alpha value is -0.550. The highest BCUT2D eigenvalue weighted by Gasteiger charge is 2.48. The van der Waals surface area contributed by atoms with E-state index in [0.717, 1.165) is 17.8 Å². The van der Waals surface area contributed by atoms with Gasteiger partial charge in [0.2, 0.25) is 0 Å². The SMILES string of the molecule is Cl.NC12CC3CC(CC(C3)C1)C2.O=[N+]([O-])O. The molecule has 0 atom stereocenters. The van der Waals surface area contributed by atoms with Gasteiger partial charge in [0.05, 0.1) is 0 Å². The molecule has 0 aromatic rings. The highest BCUT2D eigenvalue weighted by molar-refractivity contribution is 5.85. The zero-order valence-electron chi connectivity index (χ0n) is 9.17. The van der Waals surface area contributed by atoms with Crippen LogP contribution in [-0.2, 0) is 0 Å². The normalized spacial score (nSPS) is 42.9. The molecule has 0 aromatic heterocycles. The van der Waals surface area contributed by atoms with Crippen LogP contribution in [0.4, 0.5) is 0 Å². The molecule has 0 heterocycles. The molecule has 4 aliphatic rings. The van der Waals surface area contributed by atoms with E-state index >= 15 is 0 Å². The summed E-state index contributed by atoms with van der Waals surface area (Å²) in [5.74, 6) is 3.06. The van der Waals surface area contributed by atoms with Gasteiger partial charge in [-0.2, -0.15) is 0 Å². The maximum absolute atomic E-state index is 8.36. The van der Waals surface area contributed by atoms with Gasteiger partial charge >= 0.3 is 0 Å². The van der Waals surface area contributed by atoms with Gasteiger partial charge in [0.25, 0.3) is 5.09 Å². The Balaban J connectivity index is 0.000000228. The molecule has 0 aromatic carbocycles. The molecule has 0 spiro atoms. The molecule has 16 heavy (non-hydrogen) atoms. The van der Waals surface area contributed by atoms with Gasteiger partial charge in [0, 0.05) is 5.54 Å². The molecule has 0 radical (unpaired) electrons. The van der Waals surface area contributed by atoms with E-state index in [0.29, 0.717) is 5.54 Å². The lowest BCUT2D eigenvalue weighted by atomic mass is 9.53. The number of hydrogen-bond acceptors (Lipinski definition) is 3. The molecule has 4 bridgehead atoms. The van der Waals surface area contributed by atoms with Crippen molar-refractivity contribution in [1.29, 1.82) is 0 Å². The Kier molecular flexibility index (Phi) is 4.02. The largest absolute Gasteiger partial charge is 0.328 e. The minimum absolute atomic E-state index is 0. The number of halogens is 1. The van der Waals surface area contributed by atoms with Crippen molar-refractivity contribution in [2.45, 2.75) is 44.1 Å². The van der Waals surface area contributed by atoms with Crippen molar-refractivity contribution in [2.75, 3.05) is 0 Å². The third-order valence-corrected chi connectivity index (χ3v) is 4.09. The van der Waals surface area contributed by atoms with Gasteiger partial charge in [-0.1, -0.05) is 0 Å². The quantitative estimate of drug-likeness (QED) is 0.508. The standard InChI is InChI=1S/C10H17N.ClH.HNO3/c11-10-4-7-1-8(5-10)3-9(2-7)6-10;;2-1(3)4/h7-9H,1-6,11H2;1H;(H,2,3,4). The molecule has 6 heteroatoms. The first kappa shape index (κ1) is 13.5. The van der Waals surface area contributed by atoms with Crippen LogP contribution in [-0.4, -0.2) is 15.8 Å². The maximum atomic E-state index is 8.36. The molecule has 5 nitrogen and oxygen atoms in total. The molecule has 94 valence electrons. The van der Waals surface area contributed by atoms with Crippen LogP contribution in [0, 0.1) is 27.9 Å². The summed E-state index contributed by atoms with van der Waals surface area (Å²) in [6.07, 6.45) is 8.57. The van der Waals surface area contributed by atoms with E-state index in [1.165, 1.54) is 38.5 Å². The lowest BCUT2D eigenvalue weighted by Gasteiger charge is -2.55. The summed E-state index contributed by atoms with van der Waals surface area (Å²) >= 11 is 0. The number of nitrogens with two attached hydrogens (primary N) is 1. The van der Waals surface area contributed by atoms with E-state index in [1.54, 1.807) is 0 Å². The highest BCUT2D eigenvalue weighted by atomic mass is 35.5. The lowest BCUT2D eigenvalue weighted by molar-refractivity contribution is -0.742. The fraction of sp³-hybridized carbons (Fsp3) is 1.00. The van der Waals surface area contributed by atoms with Gasteiger partial charge in [0.1, 0.15) is 0 Å². The fourth-order valence-electron chi connectivity index (χ4n) is 4.18. The van der Waals surface area contributed by atoms with Gasteiger partial charge < -0.3 is 10.9 Å². The van der Waals surface area contributed by atoms with Gasteiger partial charge in [0.15, 0.2) is 0 Å². The molecule has 0 unspecified atom stereocenters. The van der Waals surface area contributed by atoms with Gasteiger partial charge in [-0.15, -0.1) is 22.5 Å². The van der Waals surface area contributed by atoms with Crippen molar-refractivity contribution in [3.63, 3.8) is 0 Å². The predicted octanol–water partition coefficient (Wildman–Crippen LogP) is 1.99. The van der Waals surface area contributed by atoms with Gasteiger partial charge in [-0.05, 0) is 56.3 Å². The number of nitrogens with zero attached hydrogens (tertiary/aromatic N) is 1. The summed E-state index contributed by atoms with van der Waals surface area (Å²) in [5, 5.41) is 13.6. The van der Waals surface area contributed by atoms with Gasteiger partial charge in [-0.25, -0.2) is 0 Å². The van der Waals surface area contributed by atoms with Crippen LogP contribution < -0.4 is 5.73 Å². The molecular formula is C10H19ClN2O3. The third-order valence-electron chi connectivity index (χ3n) is 4.09. The maximum Gasteiger partial charge on any atom is 0.291 e. The second-order valence-electron chi connectivity index (χ2n) is 5.52. The van der Waals surface area contributed by atoms with Crippen LogP contribution >= 0.6 is 12.4 Å². The highest BCUT2D eigenvalue weighted by Crippen LogP contribution is 2.54. The van der Waals surface area contributed by atoms with Crippen molar-refractivity contribution < 1.29 is 10.3 Å². The summed E-state index contributed by atoms with van der Waals surface area (Å²) in [5.41, 5.74) is 6.62. The van der Waals surface area contributed by atoms with E-state index in [-0.39, 0.29) is 12.4 Å². The predicted molar refractivity (Wildman–Crippen MR) is 61.1 cm³/mol. The van der Waals surface area contributed by atoms with E-state index in [4.69, 9.17) is 21.1 Å². The minimum atomic E-state index is -1.50. The summed E-state index contributed by atoms with van der Waals surface area (Å²) < 4.78 is 0. The van der Waals surface area contributed by atoms with Crippen molar-refractivity contribution >= 4 is 12.4 Å². The summed E-state index contributed by atoms with van der Waals surface area (Å²) in [4.78, 5) is 8.36. The second kappa shape index (κ2) is 4.75. The third kappa shape index (κ3) is 2.98. The molecule has 0 saturated heterocycles. The Morgan fingerprint density at radius 3 is 1.56 bits per heavy atom.